The van der Waals surface area contributed by atoms with Crippen molar-refractivity contribution in [2.45, 2.75) is 0 Å². The van der Waals surface area contributed by atoms with E-state index in [4.69, 9.17) is 11.6 Å². The van der Waals surface area contributed by atoms with Gasteiger partial charge in [0.25, 0.3) is 5.56 Å². The highest BCUT2D eigenvalue weighted by molar-refractivity contribution is 6.31. The highest BCUT2D eigenvalue weighted by atomic mass is 35.5. The first-order valence-corrected chi connectivity index (χ1v) is 4.65. The number of rotatable bonds is 1. The summed E-state index contributed by atoms with van der Waals surface area (Å²) in [6.45, 7) is 3.48. The summed E-state index contributed by atoms with van der Waals surface area (Å²) in [5.41, 5.74) is 0.00607. The molecule has 1 N–H and O–H groups in total. The maximum Gasteiger partial charge on any atom is 0.267 e. The van der Waals surface area contributed by atoms with Crippen molar-refractivity contribution in [3.05, 3.63) is 51.5 Å². The van der Waals surface area contributed by atoms with Crippen molar-refractivity contribution in [2.24, 2.45) is 0 Å². The van der Waals surface area contributed by atoms with Crippen molar-refractivity contribution in [2.75, 3.05) is 0 Å². The van der Waals surface area contributed by atoms with E-state index in [2.05, 4.69) is 11.6 Å². The molecule has 1 aromatic heterocycles. The summed E-state index contributed by atoms with van der Waals surface area (Å²) in [4.78, 5) is 13.6. The third kappa shape index (κ3) is 1.55. The van der Waals surface area contributed by atoms with Gasteiger partial charge in [0.2, 0.25) is 0 Å². The Kier molecular flexibility index (Phi) is 2.32. The minimum absolute atomic E-state index is 0.0493. The Bertz CT molecular complexity index is 603. The van der Waals surface area contributed by atoms with E-state index in [0.29, 0.717) is 10.9 Å². The average molecular weight is 224 g/mol. The molecule has 76 valence electrons. The molecule has 0 fully saturated rings. The van der Waals surface area contributed by atoms with Gasteiger partial charge < -0.3 is 4.98 Å². The molecule has 0 radical (unpaired) electrons. The number of halogens is 2. The van der Waals surface area contributed by atoms with Gasteiger partial charge in [-0.05, 0) is 6.07 Å². The maximum absolute atomic E-state index is 13.7. The van der Waals surface area contributed by atoms with Gasteiger partial charge in [-0.1, -0.05) is 36.4 Å². The van der Waals surface area contributed by atoms with Crippen LogP contribution in [0.5, 0.6) is 0 Å². The fraction of sp³-hybridized carbons (Fsp3) is 0. The van der Waals surface area contributed by atoms with Crippen molar-refractivity contribution in [1.29, 1.82) is 0 Å². The summed E-state index contributed by atoms with van der Waals surface area (Å²) in [7, 11) is 0. The van der Waals surface area contributed by atoms with Gasteiger partial charge in [-0.3, -0.25) is 4.79 Å². The molecule has 0 unspecified atom stereocenters. The lowest BCUT2D eigenvalue weighted by atomic mass is 10.1. The van der Waals surface area contributed by atoms with Crippen LogP contribution in [0.15, 0.2) is 29.6 Å². The second kappa shape index (κ2) is 3.51. The minimum atomic E-state index is -0.496. The van der Waals surface area contributed by atoms with Gasteiger partial charge in [0.05, 0.1) is 5.52 Å². The molecule has 0 amide bonds. The number of aromatic amines is 1. The van der Waals surface area contributed by atoms with E-state index in [1.807, 2.05) is 0 Å². The van der Waals surface area contributed by atoms with Crippen LogP contribution in [0.1, 0.15) is 5.56 Å². The molecule has 0 aliphatic carbocycles. The molecule has 2 nitrogen and oxygen atoms in total. The lowest BCUT2D eigenvalue weighted by Gasteiger charge is -2.02. The van der Waals surface area contributed by atoms with Crippen LogP contribution >= 0.6 is 11.6 Å². The van der Waals surface area contributed by atoms with Gasteiger partial charge in [0, 0.05) is 10.9 Å². The van der Waals surface area contributed by atoms with E-state index < -0.39 is 11.4 Å². The zero-order valence-corrected chi connectivity index (χ0v) is 8.44. The third-order valence-corrected chi connectivity index (χ3v) is 2.44. The number of H-pyrrole nitrogens is 1. The van der Waals surface area contributed by atoms with Crippen LogP contribution in [0, 0.1) is 5.82 Å². The molecule has 4 heteroatoms. The van der Waals surface area contributed by atoms with Gasteiger partial charge in [0.1, 0.15) is 5.02 Å². The van der Waals surface area contributed by atoms with Gasteiger partial charge in [-0.2, -0.15) is 0 Å². The number of nitrogens with one attached hydrogen (secondary N) is 1. The molecule has 2 rings (SSSR count). The number of fused-ring (bicyclic) bond motifs is 1. The van der Waals surface area contributed by atoms with Crippen molar-refractivity contribution >= 4 is 28.6 Å². The molecular formula is C11H7ClFNO. The van der Waals surface area contributed by atoms with Crippen LogP contribution in [0.4, 0.5) is 4.39 Å². The predicted molar refractivity (Wildman–Crippen MR) is 59.6 cm³/mol. The molecule has 0 bridgehead atoms. The van der Waals surface area contributed by atoms with E-state index in [9.17, 15) is 9.18 Å². The van der Waals surface area contributed by atoms with E-state index >= 15 is 0 Å². The lowest BCUT2D eigenvalue weighted by molar-refractivity contribution is 0.634. The third-order valence-electron chi connectivity index (χ3n) is 2.16. The van der Waals surface area contributed by atoms with Crippen LogP contribution in [-0.2, 0) is 0 Å². The largest absolute Gasteiger partial charge is 0.318 e. The zero-order valence-electron chi connectivity index (χ0n) is 7.68. The molecule has 0 saturated heterocycles. The van der Waals surface area contributed by atoms with Gasteiger partial charge in [0.15, 0.2) is 5.82 Å². The Hall–Kier alpha value is -1.61. The van der Waals surface area contributed by atoms with Crippen LogP contribution in [-0.4, -0.2) is 4.98 Å². The van der Waals surface area contributed by atoms with Gasteiger partial charge >= 0.3 is 0 Å². The van der Waals surface area contributed by atoms with E-state index in [-0.39, 0.29) is 10.5 Å². The Morgan fingerprint density at radius 3 is 2.87 bits per heavy atom. The summed E-state index contributed by atoms with van der Waals surface area (Å²) in [5.74, 6) is -0.490. The molecular weight excluding hydrogens is 217 g/mol. The maximum atomic E-state index is 13.7. The second-order valence-corrected chi connectivity index (χ2v) is 3.49. The first-order chi connectivity index (χ1) is 7.13. The van der Waals surface area contributed by atoms with Crippen molar-refractivity contribution < 1.29 is 4.39 Å². The predicted octanol–water partition coefficient (Wildman–Crippen LogP) is 2.96. The first-order valence-electron chi connectivity index (χ1n) is 4.27. The van der Waals surface area contributed by atoms with Crippen molar-refractivity contribution in [1.82, 2.24) is 4.98 Å². The summed E-state index contributed by atoms with van der Waals surface area (Å²) in [6.07, 6.45) is 1.39. The number of hydrogen-bond donors (Lipinski definition) is 1. The van der Waals surface area contributed by atoms with E-state index in [0.717, 1.165) is 0 Å². The van der Waals surface area contributed by atoms with Crippen LogP contribution in [0.2, 0.25) is 5.02 Å². The topological polar surface area (TPSA) is 32.9 Å². The normalized spacial score (nSPS) is 10.5. The fourth-order valence-electron chi connectivity index (χ4n) is 1.39. The van der Waals surface area contributed by atoms with Crippen LogP contribution < -0.4 is 5.56 Å². The van der Waals surface area contributed by atoms with E-state index in [1.165, 1.54) is 12.1 Å². The highest BCUT2D eigenvalue weighted by Crippen LogP contribution is 2.20. The number of benzene rings is 1. The second-order valence-electron chi connectivity index (χ2n) is 3.08. The first kappa shape index (κ1) is 9.93. The molecule has 0 saturated carbocycles. The summed E-state index contributed by atoms with van der Waals surface area (Å²) < 4.78 is 13.7. The number of aromatic nitrogens is 1. The van der Waals surface area contributed by atoms with Crippen LogP contribution in [0.25, 0.3) is 17.0 Å². The Morgan fingerprint density at radius 1 is 1.47 bits per heavy atom. The molecule has 0 aliphatic heterocycles. The summed E-state index contributed by atoms with van der Waals surface area (Å²) >= 11 is 5.63. The Labute approximate surface area is 90.0 Å². The Balaban J connectivity index is 2.93. The number of pyridine rings is 1. The van der Waals surface area contributed by atoms with Crippen LogP contribution in [0.3, 0.4) is 0 Å². The summed E-state index contributed by atoms with van der Waals surface area (Å²) in [6, 6.07) is 4.70. The zero-order chi connectivity index (χ0) is 11.0. The Morgan fingerprint density at radius 2 is 2.20 bits per heavy atom. The molecule has 1 aromatic carbocycles. The molecule has 0 aliphatic rings. The standard InChI is InChI=1S/C11H7ClFNO/c1-2-6-3-4-7-5-8(12)11(15)14-10(7)9(6)13/h2-5H,1H2,(H,14,15). The minimum Gasteiger partial charge on any atom is -0.318 e. The van der Waals surface area contributed by atoms with Crippen molar-refractivity contribution in [3.63, 3.8) is 0 Å². The van der Waals surface area contributed by atoms with Gasteiger partial charge in [-0.25, -0.2) is 4.39 Å². The molecule has 0 spiro atoms. The quantitative estimate of drug-likeness (QED) is 0.792. The molecule has 0 atom stereocenters. The molecule has 2 aromatic rings. The number of hydrogen-bond acceptors (Lipinski definition) is 1. The fourth-order valence-corrected chi connectivity index (χ4v) is 1.55. The monoisotopic (exact) mass is 223 g/mol. The van der Waals surface area contributed by atoms with E-state index in [1.54, 1.807) is 12.1 Å². The lowest BCUT2D eigenvalue weighted by Crippen LogP contribution is -2.06. The summed E-state index contributed by atoms with van der Waals surface area (Å²) in [5, 5.41) is 0.607. The molecule has 1 heterocycles. The highest BCUT2D eigenvalue weighted by Gasteiger charge is 2.07. The van der Waals surface area contributed by atoms with Crippen molar-refractivity contribution in [3.8, 4) is 0 Å². The molecule has 15 heavy (non-hydrogen) atoms. The SMILES string of the molecule is C=Cc1ccc2cc(Cl)c(=O)[nH]c2c1F. The smallest absolute Gasteiger partial charge is 0.267 e. The van der Waals surface area contributed by atoms with Gasteiger partial charge in [-0.15, -0.1) is 0 Å². The average Bonchev–Trinajstić information content (AvgIpc) is 2.22.